The molecule has 0 amide bonds. The summed E-state index contributed by atoms with van der Waals surface area (Å²) in [5, 5.41) is 8.60. The molecule has 2 aromatic carbocycles. The van der Waals surface area contributed by atoms with E-state index in [1.165, 1.54) is 5.56 Å². The van der Waals surface area contributed by atoms with Crippen LogP contribution in [0.4, 0.5) is 0 Å². The van der Waals surface area contributed by atoms with E-state index in [0.717, 1.165) is 22.6 Å². The van der Waals surface area contributed by atoms with Crippen LogP contribution >= 0.6 is 0 Å². The highest BCUT2D eigenvalue weighted by atomic mass is 15.2. The van der Waals surface area contributed by atoms with E-state index in [0.29, 0.717) is 0 Å². The quantitative estimate of drug-likeness (QED) is 0.575. The molecule has 0 aromatic heterocycles. The normalized spacial score (nSPS) is 12.6. The summed E-state index contributed by atoms with van der Waals surface area (Å²) in [7, 11) is 0. The van der Waals surface area contributed by atoms with Gasteiger partial charge in [-0.25, -0.2) is 0 Å². The van der Waals surface area contributed by atoms with Crippen molar-refractivity contribution in [2.75, 3.05) is 0 Å². The van der Waals surface area contributed by atoms with Crippen LogP contribution in [0.25, 0.3) is 0 Å². The van der Waals surface area contributed by atoms with Crippen LogP contribution in [-0.4, -0.2) is 11.4 Å². The molecule has 0 saturated carbocycles. The molecule has 0 bridgehead atoms. The van der Waals surface area contributed by atoms with Crippen molar-refractivity contribution in [2.24, 2.45) is 10.2 Å². The molecule has 2 aromatic rings. The summed E-state index contributed by atoms with van der Waals surface area (Å²) in [6.45, 7) is 6.03. The van der Waals surface area contributed by atoms with Gasteiger partial charge in [0.2, 0.25) is 0 Å². The second-order valence-corrected chi connectivity index (χ2v) is 4.60. The van der Waals surface area contributed by atoms with Crippen molar-refractivity contribution in [2.45, 2.75) is 20.8 Å². The second-order valence-electron chi connectivity index (χ2n) is 4.60. The first-order chi connectivity index (χ1) is 9.16. The van der Waals surface area contributed by atoms with Gasteiger partial charge in [0.1, 0.15) is 0 Å². The van der Waals surface area contributed by atoms with E-state index < -0.39 is 0 Å². The number of rotatable bonds is 3. The predicted molar refractivity (Wildman–Crippen MR) is 82.0 cm³/mol. The number of aryl methyl sites for hydroxylation is 1. The Hall–Kier alpha value is -2.22. The van der Waals surface area contributed by atoms with Crippen LogP contribution in [0.15, 0.2) is 64.8 Å². The summed E-state index contributed by atoms with van der Waals surface area (Å²) >= 11 is 0. The van der Waals surface area contributed by atoms with E-state index in [1.54, 1.807) is 0 Å². The number of hydrogen-bond acceptors (Lipinski definition) is 2. The molecule has 0 aliphatic rings. The van der Waals surface area contributed by atoms with Gasteiger partial charge in [-0.05, 0) is 31.9 Å². The molecule has 19 heavy (non-hydrogen) atoms. The summed E-state index contributed by atoms with van der Waals surface area (Å²) in [6.07, 6.45) is 0. The zero-order valence-corrected chi connectivity index (χ0v) is 11.6. The smallest absolute Gasteiger partial charge is 0.0671 e. The Labute approximate surface area is 114 Å². The standard InChI is InChI=1S/C17H18N2/c1-13-9-11-17(12-10-13)15(3)19-18-14(2)16-7-5-4-6-8-16/h4-12H,1-3H3. The van der Waals surface area contributed by atoms with E-state index in [2.05, 4.69) is 41.4 Å². The van der Waals surface area contributed by atoms with Gasteiger partial charge in [0.15, 0.2) is 0 Å². The third-order valence-corrected chi connectivity index (χ3v) is 3.01. The molecule has 2 heteroatoms. The van der Waals surface area contributed by atoms with Gasteiger partial charge in [-0.2, -0.15) is 10.2 Å². The van der Waals surface area contributed by atoms with Gasteiger partial charge >= 0.3 is 0 Å². The largest absolute Gasteiger partial charge is 0.155 e. The lowest BCUT2D eigenvalue weighted by Gasteiger charge is -2.00. The molecule has 0 fully saturated rings. The summed E-state index contributed by atoms with van der Waals surface area (Å²) in [6, 6.07) is 18.4. The van der Waals surface area contributed by atoms with Gasteiger partial charge in [0.25, 0.3) is 0 Å². The first-order valence-electron chi connectivity index (χ1n) is 6.38. The van der Waals surface area contributed by atoms with E-state index in [9.17, 15) is 0 Å². The highest BCUT2D eigenvalue weighted by Gasteiger charge is 1.98. The first-order valence-corrected chi connectivity index (χ1v) is 6.38. The van der Waals surface area contributed by atoms with E-state index in [1.807, 2.05) is 44.2 Å². The number of nitrogens with zero attached hydrogens (tertiary/aromatic N) is 2. The third-order valence-electron chi connectivity index (χ3n) is 3.01. The van der Waals surface area contributed by atoms with Gasteiger partial charge < -0.3 is 0 Å². The van der Waals surface area contributed by atoms with Crippen LogP contribution in [0.3, 0.4) is 0 Å². The minimum atomic E-state index is 0.923. The Bertz CT molecular complexity index is 593. The SMILES string of the molecule is CC(=NN=C(C)c1ccc(C)cc1)c1ccccc1. The predicted octanol–water partition coefficient (Wildman–Crippen LogP) is 4.23. The topological polar surface area (TPSA) is 24.7 Å². The number of benzene rings is 2. The van der Waals surface area contributed by atoms with Crippen LogP contribution in [-0.2, 0) is 0 Å². The van der Waals surface area contributed by atoms with Crippen molar-refractivity contribution >= 4 is 11.4 Å². The van der Waals surface area contributed by atoms with Crippen LogP contribution < -0.4 is 0 Å². The summed E-state index contributed by atoms with van der Waals surface area (Å²) < 4.78 is 0. The van der Waals surface area contributed by atoms with Crippen molar-refractivity contribution in [3.8, 4) is 0 Å². The van der Waals surface area contributed by atoms with Crippen molar-refractivity contribution in [3.05, 3.63) is 71.3 Å². The maximum Gasteiger partial charge on any atom is 0.0671 e. The molecule has 0 spiro atoms. The number of hydrogen-bond donors (Lipinski definition) is 0. The molecule has 0 aliphatic carbocycles. The summed E-state index contributed by atoms with van der Waals surface area (Å²) in [4.78, 5) is 0. The van der Waals surface area contributed by atoms with Crippen LogP contribution in [0.1, 0.15) is 30.5 Å². The van der Waals surface area contributed by atoms with Crippen LogP contribution in [0.2, 0.25) is 0 Å². The lowest BCUT2D eigenvalue weighted by Crippen LogP contribution is -1.96. The van der Waals surface area contributed by atoms with Gasteiger partial charge in [0, 0.05) is 0 Å². The van der Waals surface area contributed by atoms with Gasteiger partial charge in [0.05, 0.1) is 11.4 Å². The molecule has 2 rings (SSSR count). The molecule has 96 valence electrons. The minimum absolute atomic E-state index is 0.923. The maximum atomic E-state index is 4.30. The lowest BCUT2D eigenvalue weighted by atomic mass is 10.1. The second kappa shape index (κ2) is 6.10. The highest BCUT2D eigenvalue weighted by molar-refractivity contribution is 6.01. The van der Waals surface area contributed by atoms with E-state index >= 15 is 0 Å². The molecule has 0 saturated heterocycles. The van der Waals surface area contributed by atoms with Crippen molar-refractivity contribution in [1.29, 1.82) is 0 Å². The van der Waals surface area contributed by atoms with Crippen molar-refractivity contribution in [1.82, 2.24) is 0 Å². The molecule has 0 aliphatic heterocycles. The highest BCUT2D eigenvalue weighted by Crippen LogP contribution is 2.06. The zero-order chi connectivity index (χ0) is 13.7. The summed E-state index contributed by atoms with van der Waals surface area (Å²) in [5.74, 6) is 0. The monoisotopic (exact) mass is 250 g/mol. The third kappa shape index (κ3) is 3.62. The Kier molecular flexibility index (Phi) is 4.24. The Morgan fingerprint density at radius 1 is 0.684 bits per heavy atom. The maximum absolute atomic E-state index is 4.30. The molecule has 0 radical (unpaired) electrons. The lowest BCUT2D eigenvalue weighted by molar-refractivity contribution is 1.22. The minimum Gasteiger partial charge on any atom is -0.155 e. The molecular formula is C17H18N2. The van der Waals surface area contributed by atoms with E-state index in [4.69, 9.17) is 0 Å². The van der Waals surface area contributed by atoms with Crippen molar-refractivity contribution < 1.29 is 0 Å². The van der Waals surface area contributed by atoms with Crippen LogP contribution in [0.5, 0.6) is 0 Å². The summed E-state index contributed by atoms with van der Waals surface area (Å²) in [5.41, 5.74) is 5.31. The van der Waals surface area contributed by atoms with Gasteiger partial charge in [-0.3, -0.25) is 0 Å². The Morgan fingerprint density at radius 2 is 1.16 bits per heavy atom. The van der Waals surface area contributed by atoms with Crippen LogP contribution in [0, 0.1) is 6.92 Å². The molecule has 0 N–H and O–H groups in total. The molecular weight excluding hydrogens is 232 g/mol. The fourth-order valence-corrected chi connectivity index (χ4v) is 1.74. The zero-order valence-electron chi connectivity index (χ0n) is 11.6. The molecule has 0 atom stereocenters. The van der Waals surface area contributed by atoms with Gasteiger partial charge in [-0.1, -0.05) is 60.2 Å². The fourth-order valence-electron chi connectivity index (χ4n) is 1.74. The molecule has 0 unspecified atom stereocenters. The van der Waals surface area contributed by atoms with E-state index in [-0.39, 0.29) is 0 Å². The van der Waals surface area contributed by atoms with Gasteiger partial charge in [-0.15, -0.1) is 0 Å². The Balaban J connectivity index is 2.20. The molecule has 0 heterocycles. The average Bonchev–Trinajstić information content (AvgIpc) is 2.46. The fraction of sp³-hybridized carbons (Fsp3) is 0.176. The first kappa shape index (κ1) is 13.2. The Morgan fingerprint density at radius 3 is 1.68 bits per heavy atom. The van der Waals surface area contributed by atoms with Crippen molar-refractivity contribution in [3.63, 3.8) is 0 Å². The molecule has 2 nitrogen and oxygen atoms in total. The average molecular weight is 250 g/mol.